The van der Waals surface area contributed by atoms with Gasteiger partial charge in [-0.25, -0.2) is 8.42 Å². The van der Waals surface area contributed by atoms with Gasteiger partial charge in [-0.15, -0.1) is 16.6 Å². The second-order valence-corrected chi connectivity index (χ2v) is 8.54. The minimum absolute atomic E-state index is 0. The Morgan fingerprint density at radius 1 is 0.974 bits per heavy atom. The fourth-order valence-electron chi connectivity index (χ4n) is 3.34. The van der Waals surface area contributed by atoms with E-state index in [0.717, 1.165) is 11.6 Å². The van der Waals surface area contributed by atoms with Crippen molar-refractivity contribution in [1.29, 1.82) is 0 Å². The quantitative estimate of drug-likeness (QED) is 0.0989. The summed E-state index contributed by atoms with van der Waals surface area (Å²) in [6.07, 6.45) is 2.42. The Kier molecular flexibility index (Phi) is 14.0. The second-order valence-electron chi connectivity index (χ2n) is 7.19. The van der Waals surface area contributed by atoms with Crippen LogP contribution in [-0.2, 0) is 19.7 Å². The number of nitrogens with zero attached hydrogens (tertiary/aromatic N) is 3. The van der Waals surface area contributed by atoms with Gasteiger partial charge in [0.2, 0.25) is 0 Å². The Morgan fingerprint density at radius 3 is 2.21 bits per heavy atom. The smallest absolute Gasteiger partial charge is 0.744 e. The molecular weight excluding hydrogens is 530 g/mol. The molecule has 0 bridgehead atoms. The van der Waals surface area contributed by atoms with Crippen molar-refractivity contribution in [1.82, 2.24) is 4.98 Å². The van der Waals surface area contributed by atoms with Gasteiger partial charge >= 0.3 is 65.3 Å². The first-order valence-corrected chi connectivity index (χ1v) is 11.9. The molecule has 1 heterocycles. The molecule has 184 valence electrons. The molecule has 0 saturated heterocycles. The van der Waals surface area contributed by atoms with Crippen LogP contribution in [0.4, 0.5) is 17.1 Å². The van der Waals surface area contributed by atoms with Gasteiger partial charge in [-0.3, -0.25) is 4.98 Å². The van der Waals surface area contributed by atoms with Gasteiger partial charge in [0.25, 0.3) is 0 Å². The van der Waals surface area contributed by atoms with Gasteiger partial charge in [-0.2, -0.15) is 9.59 Å². The maximum Gasteiger partial charge on any atom is 1.00 e. The molecule has 2 N–H and O–H groups in total. The molecule has 0 aliphatic rings. The predicted molar refractivity (Wildman–Crippen MR) is 131 cm³/mol. The molecule has 0 fully saturated rings. The maximum absolute atomic E-state index is 11.8. The monoisotopic (exact) mass is 550 g/mol. The zero-order valence-electron chi connectivity index (χ0n) is 20.8. The number of ether oxygens (including phenoxy) is 1. The van der Waals surface area contributed by atoms with Crippen LogP contribution in [0.5, 0.6) is 5.75 Å². The first-order valence-electron chi connectivity index (χ1n) is 10.5. The van der Waals surface area contributed by atoms with Crippen LogP contribution in [-0.4, -0.2) is 30.7 Å². The molecule has 0 aliphatic carbocycles. The van der Waals surface area contributed by atoms with Gasteiger partial charge in [0.05, 0.1) is 29.1 Å². The van der Waals surface area contributed by atoms with E-state index in [0.29, 0.717) is 35.5 Å². The average molecular weight is 551 g/mol. The number of nitrogen functional groups attached to an aromatic ring is 1. The molecule has 0 aliphatic heterocycles. The number of carbonyl (C=O) groups excluding carboxylic acids is 2. The van der Waals surface area contributed by atoms with Gasteiger partial charge in [-0.1, -0.05) is 36.4 Å². The molecule has 13 heteroatoms. The van der Waals surface area contributed by atoms with Gasteiger partial charge in [0.1, 0.15) is 27.2 Å². The number of benzene rings is 3. The molecule has 0 unspecified atom stereocenters. The summed E-state index contributed by atoms with van der Waals surface area (Å²) >= 11 is 0. The van der Waals surface area contributed by atoms with E-state index in [2.05, 4.69) is 22.1 Å². The van der Waals surface area contributed by atoms with Gasteiger partial charge < -0.3 is 21.9 Å². The Hall–Kier alpha value is -2.44. The van der Waals surface area contributed by atoms with Crippen molar-refractivity contribution < 1.29 is 86.4 Å². The van der Waals surface area contributed by atoms with Crippen molar-refractivity contribution in [3.8, 4) is 17.0 Å². The molecule has 0 saturated carbocycles. The summed E-state index contributed by atoms with van der Waals surface area (Å²) in [5, 5.41) is 8.86. The molecule has 10 nitrogen and oxygen atoms in total. The Bertz CT molecular complexity index is 1540. The predicted octanol–water partition coefficient (Wildman–Crippen LogP) is -1.17. The molecule has 0 atom stereocenters. The van der Waals surface area contributed by atoms with E-state index in [1.807, 2.05) is 24.3 Å². The van der Waals surface area contributed by atoms with Crippen molar-refractivity contribution >= 4 is 44.1 Å². The number of rotatable bonds is 7. The van der Waals surface area contributed by atoms with Crippen LogP contribution >= 0.6 is 0 Å². The standard InChI is InChI=1S/C24H21N4O4S.CO2.2Na/c1-2-13-32-22-10-6-5-9-19(22)20-12-11-16(15-26-20)27-28-21-14-23(33(29,30)31)17-7-3-4-8-18(17)24(21)25;2-1-3;;/h3-12,14-15H,1-2,13,25H2,(H,29,30,31);;;/q-1;;2*+1/p-1. The molecule has 4 rings (SSSR count). The largest absolute Gasteiger partial charge is 1.00 e. The van der Waals surface area contributed by atoms with E-state index >= 15 is 0 Å². The SMILES string of the molecule is O=C=O.[CH2-]CCOc1ccccc1-c1ccc(N=Nc2cc(S(=O)(=O)[O-])c3ccccc3c2N)cn1.[Na+].[Na+]. The molecule has 1 aromatic heterocycles. The van der Waals surface area contributed by atoms with Crippen LogP contribution in [0.3, 0.4) is 0 Å². The summed E-state index contributed by atoms with van der Waals surface area (Å²) < 4.78 is 41.0. The topological polar surface area (TPSA) is 164 Å². The molecule has 38 heavy (non-hydrogen) atoms. The number of anilines is 1. The van der Waals surface area contributed by atoms with E-state index in [1.54, 1.807) is 30.3 Å². The fourth-order valence-corrected chi connectivity index (χ4v) is 4.05. The number of aromatic nitrogens is 1. The number of pyridine rings is 1. The normalized spacial score (nSPS) is 10.5. The van der Waals surface area contributed by atoms with E-state index in [-0.39, 0.29) is 82.0 Å². The Balaban J connectivity index is 0.00000138. The van der Waals surface area contributed by atoms with E-state index in [4.69, 9.17) is 20.1 Å². The number of azo groups is 1. The van der Waals surface area contributed by atoms with Crippen LogP contribution in [0.25, 0.3) is 22.0 Å². The number of nitrogens with two attached hydrogens (primary N) is 1. The summed E-state index contributed by atoms with van der Waals surface area (Å²) in [4.78, 5) is 20.3. The summed E-state index contributed by atoms with van der Waals surface area (Å²) in [6.45, 7) is 4.28. The van der Waals surface area contributed by atoms with E-state index in [1.165, 1.54) is 12.3 Å². The minimum Gasteiger partial charge on any atom is -0.744 e. The number of hydrogen-bond donors (Lipinski definition) is 1. The summed E-state index contributed by atoms with van der Waals surface area (Å²) in [5.41, 5.74) is 8.42. The first-order chi connectivity index (χ1) is 17.3. The summed E-state index contributed by atoms with van der Waals surface area (Å²) in [6, 6.07) is 18.7. The summed E-state index contributed by atoms with van der Waals surface area (Å²) in [7, 11) is -4.73. The zero-order valence-corrected chi connectivity index (χ0v) is 25.6. The molecule has 0 spiro atoms. The second kappa shape index (κ2) is 15.8. The minimum atomic E-state index is -4.73. The van der Waals surface area contributed by atoms with E-state index < -0.39 is 15.0 Å². The Morgan fingerprint density at radius 2 is 1.61 bits per heavy atom. The third-order valence-corrected chi connectivity index (χ3v) is 5.76. The molecule has 0 radical (unpaired) electrons. The zero-order chi connectivity index (χ0) is 26.1. The first kappa shape index (κ1) is 33.6. The van der Waals surface area contributed by atoms with Crippen LogP contribution < -0.4 is 69.6 Å². The van der Waals surface area contributed by atoms with Crippen molar-refractivity contribution in [2.45, 2.75) is 11.3 Å². The van der Waals surface area contributed by atoms with Gasteiger partial charge in [0, 0.05) is 16.3 Å². The number of fused-ring (bicyclic) bond motifs is 1. The maximum atomic E-state index is 11.8. The van der Waals surface area contributed by atoms with Crippen LogP contribution in [0.15, 0.2) is 88.1 Å². The summed E-state index contributed by atoms with van der Waals surface area (Å²) in [5.74, 6) is 0.707. The van der Waals surface area contributed by atoms with Crippen molar-refractivity contribution in [3.63, 3.8) is 0 Å². The van der Waals surface area contributed by atoms with Crippen LogP contribution in [0.2, 0.25) is 0 Å². The van der Waals surface area contributed by atoms with E-state index in [9.17, 15) is 13.0 Å². The molecular formula is C25H20N4Na2O6S. The van der Waals surface area contributed by atoms with Gasteiger partial charge in [0.15, 0.2) is 0 Å². The molecule has 0 amide bonds. The fraction of sp³-hybridized carbons (Fsp3) is 0.0800. The van der Waals surface area contributed by atoms with Crippen molar-refractivity contribution in [2.75, 3.05) is 12.3 Å². The van der Waals surface area contributed by atoms with Crippen molar-refractivity contribution in [2.24, 2.45) is 10.2 Å². The third kappa shape index (κ3) is 8.54. The van der Waals surface area contributed by atoms with Crippen molar-refractivity contribution in [3.05, 3.63) is 79.9 Å². The Labute approximate surface area is 264 Å². The van der Waals surface area contributed by atoms with Crippen LogP contribution in [0.1, 0.15) is 6.42 Å². The molecule has 3 aromatic carbocycles. The van der Waals surface area contributed by atoms with Gasteiger partial charge in [-0.05, 0) is 30.3 Å². The number of hydrogen-bond acceptors (Lipinski definition) is 10. The van der Waals surface area contributed by atoms with Crippen LogP contribution in [0, 0.1) is 6.92 Å². The average Bonchev–Trinajstić information content (AvgIpc) is 2.87. The third-order valence-electron chi connectivity index (χ3n) is 4.88. The number of para-hydroxylation sites is 1. The molecule has 4 aromatic rings.